The number of aromatic nitrogens is 2. The molecule has 0 bridgehead atoms. The lowest BCUT2D eigenvalue weighted by Gasteiger charge is -2.11. The van der Waals surface area contributed by atoms with Crippen molar-refractivity contribution in [2.24, 2.45) is 0 Å². The average molecular weight is 282 g/mol. The Morgan fingerprint density at radius 1 is 1.56 bits per heavy atom. The number of carbonyl (C=O) groups is 1. The number of hydrogen-bond donors (Lipinski definition) is 1. The normalized spacial score (nSPS) is 12.2. The van der Waals surface area contributed by atoms with E-state index in [2.05, 4.69) is 15.3 Å². The van der Waals surface area contributed by atoms with Gasteiger partial charge < -0.3 is 5.32 Å². The van der Waals surface area contributed by atoms with Crippen LogP contribution in [0.5, 0.6) is 0 Å². The van der Waals surface area contributed by atoms with Crippen LogP contribution in [0.1, 0.15) is 34.0 Å². The molecule has 1 unspecified atom stereocenters. The number of hydrogen-bond acceptors (Lipinski definition) is 4. The smallest absolute Gasteiger partial charge is 0.254 e. The molecular weight excluding hydrogens is 270 g/mol. The second-order valence-corrected chi connectivity index (χ2v) is 5.17. The van der Waals surface area contributed by atoms with Gasteiger partial charge in [0.1, 0.15) is 5.01 Å². The summed E-state index contributed by atoms with van der Waals surface area (Å²) in [6.07, 6.45) is 3.00. The fourth-order valence-electron chi connectivity index (χ4n) is 1.45. The molecule has 0 aliphatic rings. The maximum atomic E-state index is 12.0. The van der Waals surface area contributed by atoms with Gasteiger partial charge in [-0.25, -0.2) is 4.98 Å². The number of halogens is 1. The monoisotopic (exact) mass is 281 g/mol. The summed E-state index contributed by atoms with van der Waals surface area (Å²) in [7, 11) is 0. The van der Waals surface area contributed by atoms with Gasteiger partial charge in [0.2, 0.25) is 0 Å². The van der Waals surface area contributed by atoms with Crippen molar-refractivity contribution in [1.29, 1.82) is 0 Å². The van der Waals surface area contributed by atoms with E-state index < -0.39 is 0 Å². The largest absolute Gasteiger partial charge is 0.343 e. The predicted molar refractivity (Wildman–Crippen MR) is 72.0 cm³/mol. The van der Waals surface area contributed by atoms with E-state index >= 15 is 0 Å². The van der Waals surface area contributed by atoms with Crippen molar-refractivity contribution in [2.45, 2.75) is 19.9 Å². The van der Waals surface area contributed by atoms with Crippen LogP contribution in [0.15, 0.2) is 23.8 Å². The highest BCUT2D eigenvalue weighted by Crippen LogP contribution is 2.19. The van der Waals surface area contributed by atoms with Crippen molar-refractivity contribution in [3.8, 4) is 0 Å². The van der Waals surface area contributed by atoms with E-state index in [0.29, 0.717) is 10.6 Å². The van der Waals surface area contributed by atoms with Crippen LogP contribution in [-0.2, 0) is 0 Å². The van der Waals surface area contributed by atoms with E-state index in [4.69, 9.17) is 11.6 Å². The van der Waals surface area contributed by atoms with Crippen LogP contribution in [0.3, 0.4) is 0 Å². The molecule has 18 heavy (non-hydrogen) atoms. The zero-order valence-electron chi connectivity index (χ0n) is 9.98. The quantitative estimate of drug-likeness (QED) is 0.941. The van der Waals surface area contributed by atoms with E-state index in [1.165, 1.54) is 17.5 Å². The van der Waals surface area contributed by atoms with Gasteiger partial charge in [0.25, 0.3) is 5.91 Å². The lowest BCUT2D eigenvalue weighted by molar-refractivity contribution is 0.0939. The summed E-state index contributed by atoms with van der Waals surface area (Å²) in [4.78, 5) is 20.2. The van der Waals surface area contributed by atoms with E-state index in [1.54, 1.807) is 12.3 Å². The summed E-state index contributed by atoms with van der Waals surface area (Å²) in [5.41, 5.74) is 1.33. The molecule has 6 heteroatoms. The highest BCUT2D eigenvalue weighted by Gasteiger charge is 2.16. The number of carbonyl (C=O) groups excluding carboxylic acids is 1. The highest BCUT2D eigenvalue weighted by atomic mass is 35.5. The Balaban J connectivity index is 2.10. The van der Waals surface area contributed by atoms with Crippen molar-refractivity contribution in [3.05, 3.63) is 45.1 Å². The highest BCUT2D eigenvalue weighted by molar-refractivity contribution is 7.09. The van der Waals surface area contributed by atoms with Crippen LogP contribution >= 0.6 is 22.9 Å². The minimum Gasteiger partial charge on any atom is -0.343 e. The topological polar surface area (TPSA) is 54.9 Å². The summed E-state index contributed by atoms with van der Waals surface area (Å²) in [5, 5.41) is 6.07. The number of aryl methyl sites for hydroxylation is 1. The molecule has 1 atom stereocenters. The summed E-state index contributed by atoms with van der Waals surface area (Å²) >= 11 is 7.46. The molecule has 94 valence electrons. The fourth-order valence-corrected chi connectivity index (χ4v) is 2.45. The summed E-state index contributed by atoms with van der Waals surface area (Å²) in [6, 6.07) is 1.45. The maximum absolute atomic E-state index is 12.0. The van der Waals surface area contributed by atoms with Gasteiger partial charge in [0.05, 0.1) is 16.6 Å². The Labute approximate surface area is 114 Å². The summed E-state index contributed by atoms with van der Waals surface area (Å²) in [6.45, 7) is 3.81. The molecule has 2 heterocycles. The van der Waals surface area contributed by atoms with Gasteiger partial charge in [-0.15, -0.1) is 11.3 Å². The first-order valence-corrected chi connectivity index (χ1v) is 6.66. The number of nitrogens with one attached hydrogen (secondary N) is 1. The van der Waals surface area contributed by atoms with Gasteiger partial charge in [-0.2, -0.15) is 0 Å². The molecule has 2 rings (SSSR count). The minimum atomic E-state index is -0.242. The van der Waals surface area contributed by atoms with Crippen LogP contribution < -0.4 is 5.32 Å². The van der Waals surface area contributed by atoms with Crippen molar-refractivity contribution in [1.82, 2.24) is 15.3 Å². The van der Waals surface area contributed by atoms with Crippen LogP contribution in [-0.4, -0.2) is 15.9 Å². The average Bonchev–Trinajstić information content (AvgIpc) is 2.76. The van der Waals surface area contributed by atoms with Crippen molar-refractivity contribution in [3.63, 3.8) is 0 Å². The third kappa shape index (κ3) is 2.86. The Morgan fingerprint density at radius 2 is 2.33 bits per heavy atom. The Bertz CT molecular complexity index is 570. The second-order valence-electron chi connectivity index (χ2n) is 3.88. The fraction of sp³-hybridized carbons (Fsp3) is 0.250. The SMILES string of the molecule is Cc1csc(C(C)NC(=O)c2cnccc2Cl)n1. The second kappa shape index (κ2) is 5.46. The van der Waals surface area contributed by atoms with Crippen LogP contribution in [0.2, 0.25) is 5.02 Å². The molecule has 0 aliphatic heterocycles. The summed E-state index contributed by atoms with van der Waals surface area (Å²) in [5.74, 6) is -0.242. The van der Waals surface area contributed by atoms with Gasteiger partial charge in [0.15, 0.2) is 0 Å². The Hall–Kier alpha value is -1.46. The van der Waals surface area contributed by atoms with E-state index in [9.17, 15) is 4.79 Å². The number of pyridine rings is 1. The van der Waals surface area contributed by atoms with E-state index in [-0.39, 0.29) is 11.9 Å². The first kappa shape index (κ1) is 13.0. The molecule has 0 fully saturated rings. The lowest BCUT2D eigenvalue weighted by Crippen LogP contribution is -2.26. The molecule has 0 radical (unpaired) electrons. The van der Waals surface area contributed by atoms with Gasteiger partial charge in [-0.3, -0.25) is 9.78 Å². The number of rotatable bonds is 3. The zero-order valence-corrected chi connectivity index (χ0v) is 11.5. The molecule has 0 saturated carbocycles. The maximum Gasteiger partial charge on any atom is 0.254 e. The molecule has 2 aromatic heterocycles. The molecule has 0 saturated heterocycles. The molecule has 2 aromatic rings. The third-order valence-electron chi connectivity index (χ3n) is 2.37. The molecule has 4 nitrogen and oxygen atoms in total. The molecule has 0 aromatic carbocycles. The standard InChI is InChI=1S/C12H12ClN3OS/c1-7-6-18-12(15-7)8(2)16-11(17)9-5-14-4-3-10(9)13/h3-6,8H,1-2H3,(H,16,17). The van der Waals surface area contributed by atoms with Gasteiger partial charge >= 0.3 is 0 Å². The molecule has 1 N–H and O–H groups in total. The predicted octanol–water partition coefficient (Wildman–Crippen LogP) is 2.99. The number of thiazole rings is 1. The Morgan fingerprint density at radius 3 is 2.94 bits per heavy atom. The summed E-state index contributed by atoms with van der Waals surface area (Å²) < 4.78 is 0. The first-order chi connectivity index (χ1) is 8.58. The molecule has 0 spiro atoms. The van der Waals surface area contributed by atoms with E-state index in [0.717, 1.165) is 10.7 Å². The lowest BCUT2D eigenvalue weighted by atomic mass is 10.2. The first-order valence-electron chi connectivity index (χ1n) is 5.40. The zero-order chi connectivity index (χ0) is 13.1. The third-order valence-corrected chi connectivity index (χ3v) is 3.84. The van der Waals surface area contributed by atoms with Gasteiger partial charge in [0, 0.05) is 23.5 Å². The van der Waals surface area contributed by atoms with Gasteiger partial charge in [-0.1, -0.05) is 11.6 Å². The van der Waals surface area contributed by atoms with Crippen molar-refractivity contribution in [2.75, 3.05) is 0 Å². The number of nitrogens with zero attached hydrogens (tertiary/aromatic N) is 2. The van der Waals surface area contributed by atoms with Crippen molar-refractivity contribution < 1.29 is 4.79 Å². The minimum absolute atomic E-state index is 0.146. The van der Waals surface area contributed by atoms with Crippen molar-refractivity contribution >= 4 is 28.8 Å². The molecule has 0 aliphatic carbocycles. The van der Waals surface area contributed by atoms with E-state index in [1.807, 2.05) is 19.2 Å². The van der Waals surface area contributed by atoms with Crippen LogP contribution in [0.4, 0.5) is 0 Å². The molecular formula is C12H12ClN3OS. The van der Waals surface area contributed by atoms with Gasteiger partial charge in [-0.05, 0) is 19.9 Å². The Kier molecular flexibility index (Phi) is 3.93. The number of amides is 1. The van der Waals surface area contributed by atoms with Crippen LogP contribution in [0.25, 0.3) is 0 Å². The molecule has 1 amide bonds. The van der Waals surface area contributed by atoms with Crippen LogP contribution in [0, 0.1) is 6.92 Å².